The van der Waals surface area contributed by atoms with E-state index in [9.17, 15) is 0 Å². The van der Waals surface area contributed by atoms with Gasteiger partial charge in [0.2, 0.25) is 0 Å². The van der Waals surface area contributed by atoms with Crippen LogP contribution in [0.1, 0.15) is 75.6 Å². The Kier molecular flexibility index (Phi) is 4.91. The molecule has 0 nitrogen and oxygen atoms in total. The molecule has 0 bridgehead atoms. The van der Waals surface area contributed by atoms with Crippen LogP contribution >= 0.6 is 0 Å². The summed E-state index contributed by atoms with van der Waals surface area (Å²) in [7, 11) is 0. The van der Waals surface area contributed by atoms with E-state index in [4.69, 9.17) is 0 Å². The molecule has 0 radical (unpaired) electrons. The summed E-state index contributed by atoms with van der Waals surface area (Å²) in [4.78, 5) is 0. The second-order valence-electron chi connectivity index (χ2n) is 9.06. The zero-order valence-electron chi connectivity index (χ0n) is 18.0. The van der Waals surface area contributed by atoms with Crippen molar-refractivity contribution in [3.63, 3.8) is 0 Å². The lowest BCUT2D eigenvalue weighted by atomic mass is 9.80. The van der Waals surface area contributed by atoms with E-state index in [1.54, 1.807) is 0 Å². The van der Waals surface area contributed by atoms with Crippen LogP contribution in [0.15, 0.2) is 54.1 Å². The minimum absolute atomic E-state index is 0.0411. The summed E-state index contributed by atoms with van der Waals surface area (Å²) in [6.45, 7) is 11.5. The smallest absolute Gasteiger partial charge is 0.0159 e. The Morgan fingerprint density at radius 3 is 2.43 bits per heavy atom. The van der Waals surface area contributed by atoms with Crippen molar-refractivity contribution in [3.8, 4) is 11.1 Å². The van der Waals surface area contributed by atoms with Crippen LogP contribution in [0.25, 0.3) is 28.0 Å². The molecule has 0 saturated carbocycles. The van der Waals surface area contributed by atoms with E-state index in [1.165, 1.54) is 75.4 Å². The van der Waals surface area contributed by atoms with E-state index < -0.39 is 0 Å². The highest BCUT2D eigenvalue weighted by Gasteiger charge is 2.36. The number of benzene rings is 3. The first kappa shape index (κ1) is 19.0. The van der Waals surface area contributed by atoms with Crippen LogP contribution in [0.3, 0.4) is 0 Å². The van der Waals surface area contributed by atoms with Gasteiger partial charge in [0.1, 0.15) is 0 Å². The first-order valence-electron chi connectivity index (χ1n) is 10.8. The molecule has 0 aromatic heterocycles. The maximum Gasteiger partial charge on any atom is 0.0159 e. The molecule has 0 N–H and O–H groups in total. The summed E-state index contributed by atoms with van der Waals surface area (Å²) >= 11 is 0. The van der Waals surface area contributed by atoms with Gasteiger partial charge in [-0.3, -0.25) is 0 Å². The van der Waals surface area contributed by atoms with Gasteiger partial charge in [0.25, 0.3) is 0 Å². The Balaban J connectivity index is 1.93. The molecule has 3 aromatic rings. The quantitative estimate of drug-likeness (QED) is 0.396. The van der Waals surface area contributed by atoms with Crippen molar-refractivity contribution in [1.82, 2.24) is 0 Å². The number of unbranched alkanes of at least 4 members (excludes halogenated alkanes) is 2. The SMILES string of the molecule is CCCCCC(C)=Cc1cc2c(c3ccccc13)-c1ccc(C)cc1C2(C)C. The molecule has 0 spiro atoms. The summed E-state index contributed by atoms with van der Waals surface area (Å²) < 4.78 is 0. The lowest BCUT2D eigenvalue weighted by Crippen LogP contribution is -2.15. The largest absolute Gasteiger partial charge is 0.0727 e. The van der Waals surface area contributed by atoms with Gasteiger partial charge in [0.15, 0.2) is 0 Å². The standard InChI is InChI=1S/C28H32/c1-6-7-8-11-19(2)16-21-18-26-27(23-13-10-9-12-22(21)23)24-15-14-20(3)17-25(24)28(26,4)5/h9-10,12-18H,6-8,11H2,1-5H3. The molecule has 0 unspecified atom stereocenters. The Morgan fingerprint density at radius 2 is 1.68 bits per heavy atom. The van der Waals surface area contributed by atoms with Crippen molar-refractivity contribution in [2.45, 2.75) is 65.7 Å². The minimum atomic E-state index is 0.0411. The fourth-order valence-corrected chi connectivity index (χ4v) is 4.84. The van der Waals surface area contributed by atoms with Gasteiger partial charge >= 0.3 is 0 Å². The molecule has 4 rings (SSSR count). The van der Waals surface area contributed by atoms with Crippen LogP contribution in [0.2, 0.25) is 0 Å². The summed E-state index contributed by atoms with van der Waals surface area (Å²) in [5.41, 5.74) is 10.0. The third-order valence-electron chi connectivity index (χ3n) is 6.44. The van der Waals surface area contributed by atoms with Gasteiger partial charge in [0.05, 0.1) is 0 Å². The topological polar surface area (TPSA) is 0 Å². The fourth-order valence-electron chi connectivity index (χ4n) is 4.84. The van der Waals surface area contributed by atoms with E-state index in [0.717, 1.165) is 0 Å². The second-order valence-corrected chi connectivity index (χ2v) is 9.06. The normalized spacial score (nSPS) is 15.0. The van der Waals surface area contributed by atoms with Crippen molar-refractivity contribution < 1.29 is 0 Å². The first-order valence-corrected chi connectivity index (χ1v) is 10.8. The van der Waals surface area contributed by atoms with E-state index in [2.05, 4.69) is 89.2 Å². The Bertz CT molecular complexity index is 1060. The van der Waals surface area contributed by atoms with Crippen molar-refractivity contribution in [2.75, 3.05) is 0 Å². The fraction of sp³-hybridized carbons (Fsp3) is 0.357. The summed E-state index contributed by atoms with van der Waals surface area (Å²) in [5.74, 6) is 0. The predicted molar refractivity (Wildman–Crippen MR) is 124 cm³/mol. The number of hydrogen-bond acceptors (Lipinski definition) is 0. The predicted octanol–water partition coefficient (Wildman–Crippen LogP) is 8.44. The molecule has 1 aliphatic carbocycles. The highest BCUT2D eigenvalue weighted by molar-refractivity contribution is 6.06. The van der Waals surface area contributed by atoms with Gasteiger partial charge in [-0.15, -0.1) is 0 Å². The van der Waals surface area contributed by atoms with Gasteiger partial charge in [-0.1, -0.05) is 93.3 Å². The molecule has 0 saturated heterocycles. The van der Waals surface area contributed by atoms with Crippen LogP contribution in [-0.2, 0) is 5.41 Å². The highest BCUT2D eigenvalue weighted by Crippen LogP contribution is 2.52. The first-order chi connectivity index (χ1) is 13.4. The minimum Gasteiger partial charge on any atom is -0.0727 e. The van der Waals surface area contributed by atoms with Crippen molar-refractivity contribution in [3.05, 3.63) is 76.4 Å². The molecule has 0 aliphatic heterocycles. The van der Waals surface area contributed by atoms with E-state index in [-0.39, 0.29) is 5.41 Å². The molecule has 1 aliphatic rings. The average molecular weight is 369 g/mol. The van der Waals surface area contributed by atoms with Gasteiger partial charge in [-0.25, -0.2) is 0 Å². The molecule has 0 atom stereocenters. The third kappa shape index (κ3) is 3.09. The van der Waals surface area contributed by atoms with Gasteiger partial charge < -0.3 is 0 Å². The average Bonchev–Trinajstić information content (AvgIpc) is 2.89. The number of hydrogen-bond donors (Lipinski definition) is 0. The molecule has 0 amide bonds. The Hall–Kier alpha value is -2.34. The molecule has 3 aromatic carbocycles. The third-order valence-corrected chi connectivity index (χ3v) is 6.44. The van der Waals surface area contributed by atoms with E-state index in [0.29, 0.717) is 0 Å². The summed E-state index contributed by atoms with van der Waals surface area (Å²) in [6, 6.07) is 18.4. The van der Waals surface area contributed by atoms with Crippen molar-refractivity contribution in [2.24, 2.45) is 0 Å². The molecule has 0 heterocycles. The van der Waals surface area contributed by atoms with Crippen LogP contribution < -0.4 is 0 Å². The number of allylic oxidation sites excluding steroid dienone is 1. The van der Waals surface area contributed by atoms with Crippen LogP contribution in [-0.4, -0.2) is 0 Å². The summed E-state index contributed by atoms with van der Waals surface area (Å²) in [6.07, 6.45) is 7.52. The van der Waals surface area contributed by atoms with E-state index >= 15 is 0 Å². The van der Waals surface area contributed by atoms with E-state index in [1.807, 2.05) is 0 Å². The van der Waals surface area contributed by atoms with Gasteiger partial charge in [0, 0.05) is 5.41 Å². The molecule has 0 heteroatoms. The number of aryl methyl sites for hydroxylation is 1. The molecule has 0 fully saturated rings. The highest BCUT2D eigenvalue weighted by atomic mass is 14.4. The van der Waals surface area contributed by atoms with Crippen LogP contribution in [0, 0.1) is 6.92 Å². The van der Waals surface area contributed by atoms with Crippen molar-refractivity contribution in [1.29, 1.82) is 0 Å². The molecule has 28 heavy (non-hydrogen) atoms. The molecule has 144 valence electrons. The number of fused-ring (bicyclic) bond motifs is 5. The zero-order chi connectivity index (χ0) is 19.9. The maximum absolute atomic E-state index is 2.47. The van der Waals surface area contributed by atoms with Crippen LogP contribution in [0.4, 0.5) is 0 Å². The second kappa shape index (κ2) is 7.24. The summed E-state index contributed by atoms with van der Waals surface area (Å²) in [5, 5.41) is 2.77. The van der Waals surface area contributed by atoms with Crippen LogP contribution in [0.5, 0.6) is 0 Å². The number of rotatable bonds is 5. The lowest BCUT2D eigenvalue weighted by molar-refractivity contribution is 0.660. The van der Waals surface area contributed by atoms with Gasteiger partial charge in [-0.05, 0) is 71.3 Å². The Labute approximate surface area is 170 Å². The molecular weight excluding hydrogens is 336 g/mol. The maximum atomic E-state index is 2.47. The molecular formula is C28H32. The lowest BCUT2D eigenvalue weighted by Gasteiger charge is -2.23. The Morgan fingerprint density at radius 1 is 0.929 bits per heavy atom. The van der Waals surface area contributed by atoms with Gasteiger partial charge in [-0.2, -0.15) is 0 Å². The monoisotopic (exact) mass is 368 g/mol. The zero-order valence-corrected chi connectivity index (χ0v) is 18.0. The van der Waals surface area contributed by atoms with Crippen molar-refractivity contribution >= 4 is 16.8 Å².